The van der Waals surface area contributed by atoms with Crippen molar-refractivity contribution in [3.8, 4) is 11.6 Å². The molecule has 2 aromatic heterocycles. The Kier molecular flexibility index (Phi) is 6.60. The molecule has 0 bridgehead atoms. The molecule has 8 nitrogen and oxygen atoms in total. The molecule has 1 amide bonds. The van der Waals surface area contributed by atoms with E-state index in [9.17, 15) is 9.59 Å². The molecule has 0 saturated carbocycles. The van der Waals surface area contributed by atoms with Gasteiger partial charge in [0.15, 0.2) is 5.69 Å². The predicted molar refractivity (Wildman–Crippen MR) is 128 cm³/mol. The second-order valence-electron chi connectivity index (χ2n) is 8.23. The number of benzene rings is 2. The van der Waals surface area contributed by atoms with Crippen LogP contribution in [0, 0.1) is 5.92 Å². The van der Waals surface area contributed by atoms with E-state index in [1.165, 1.54) is 16.4 Å². The predicted octanol–water partition coefficient (Wildman–Crippen LogP) is 3.70. The van der Waals surface area contributed by atoms with Crippen LogP contribution >= 0.6 is 11.8 Å². The fourth-order valence-electron chi connectivity index (χ4n) is 3.44. The maximum atomic E-state index is 13.1. The van der Waals surface area contributed by atoms with Gasteiger partial charge in [-0.2, -0.15) is 5.10 Å². The number of rotatable bonds is 7. The minimum Gasteiger partial charge on any atom is -0.409 e. The molecule has 0 radical (unpaired) electrons. The number of thioether (sulfide) groups is 1. The number of fused-ring (bicyclic) bond motifs is 1. The normalized spacial score (nSPS) is 12.3. The summed E-state index contributed by atoms with van der Waals surface area (Å²) in [5.41, 5.74) is 1.20. The van der Waals surface area contributed by atoms with Gasteiger partial charge < -0.3 is 9.32 Å². The summed E-state index contributed by atoms with van der Waals surface area (Å²) in [5, 5.41) is 14.0. The van der Waals surface area contributed by atoms with Crippen molar-refractivity contribution in [2.75, 3.05) is 14.1 Å². The van der Waals surface area contributed by atoms with Gasteiger partial charge >= 0.3 is 0 Å². The molecule has 2 heterocycles. The second kappa shape index (κ2) is 9.58. The van der Waals surface area contributed by atoms with Crippen molar-refractivity contribution in [2.45, 2.75) is 30.9 Å². The molecule has 0 saturated heterocycles. The van der Waals surface area contributed by atoms with Crippen molar-refractivity contribution in [3.05, 3.63) is 70.5 Å². The highest BCUT2D eigenvalue weighted by Crippen LogP contribution is 2.31. The molecular weight excluding hydrogens is 438 g/mol. The molecule has 0 spiro atoms. The molecule has 0 aliphatic rings. The summed E-state index contributed by atoms with van der Waals surface area (Å²) in [5.74, 6) is 0.261. The van der Waals surface area contributed by atoms with Gasteiger partial charge in [-0.3, -0.25) is 9.59 Å². The van der Waals surface area contributed by atoms with Crippen LogP contribution in [0.4, 0.5) is 0 Å². The van der Waals surface area contributed by atoms with Gasteiger partial charge in [0, 0.05) is 19.5 Å². The molecule has 1 atom stereocenters. The number of carbonyl (C=O) groups is 1. The van der Waals surface area contributed by atoms with E-state index in [0.717, 1.165) is 5.56 Å². The summed E-state index contributed by atoms with van der Waals surface area (Å²) in [4.78, 5) is 27.2. The first-order valence-corrected chi connectivity index (χ1v) is 11.5. The molecule has 4 aromatic rings. The average molecular weight is 464 g/mol. The van der Waals surface area contributed by atoms with Crippen LogP contribution in [-0.2, 0) is 11.3 Å². The molecule has 0 N–H and O–H groups in total. The van der Waals surface area contributed by atoms with Gasteiger partial charge in [0.05, 0.1) is 17.2 Å². The summed E-state index contributed by atoms with van der Waals surface area (Å²) < 4.78 is 7.34. The first-order valence-electron chi connectivity index (χ1n) is 10.6. The fraction of sp³-hybridized carbons (Fsp3) is 0.292. The van der Waals surface area contributed by atoms with Crippen molar-refractivity contribution in [1.82, 2.24) is 24.9 Å². The van der Waals surface area contributed by atoms with Crippen LogP contribution in [0.5, 0.6) is 0 Å². The first-order chi connectivity index (χ1) is 15.8. The fourth-order valence-corrected chi connectivity index (χ4v) is 4.46. The lowest BCUT2D eigenvalue weighted by Gasteiger charge is -2.21. The molecule has 0 aliphatic carbocycles. The SMILES string of the molecule is CC(C)C(Sc1nnc(-c2nn(Cc3ccccc3)c(=O)c3ccccc23)o1)C(=O)N(C)C. The lowest BCUT2D eigenvalue weighted by atomic mass is 10.1. The van der Waals surface area contributed by atoms with Crippen LogP contribution < -0.4 is 5.56 Å². The molecule has 33 heavy (non-hydrogen) atoms. The Morgan fingerprint density at radius 2 is 1.70 bits per heavy atom. The molecule has 0 fully saturated rings. The Balaban J connectivity index is 1.74. The maximum absolute atomic E-state index is 13.1. The molecule has 2 aromatic carbocycles. The van der Waals surface area contributed by atoms with Gasteiger partial charge in [-0.25, -0.2) is 4.68 Å². The van der Waals surface area contributed by atoms with Gasteiger partial charge in [0.1, 0.15) is 0 Å². The van der Waals surface area contributed by atoms with Crippen molar-refractivity contribution in [1.29, 1.82) is 0 Å². The minimum atomic E-state index is -0.356. The Labute approximate surface area is 195 Å². The standard InChI is InChI=1S/C24H25N5O3S/c1-15(2)20(23(31)28(3)4)33-24-26-25-21(32-24)19-17-12-8-9-13-18(17)22(30)29(27-19)14-16-10-6-5-7-11-16/h5-13,15,20H,14H2,1-4H3. The maximum Gasteiger partial charge on any atom is 0.277 e. The van der Waals surface area contributed by atoms with Crippen LogP contribution in [0.2, 0.25) is 0 Å². The average Bonchev–Trinajstić information content (AvgIpc) is 3.28. The highest BCUT2D eigenvalue weighted by molar-refractivity contribution is 8.00. The Morgan fingerprint density at radius 3 is 2.36 bits per heavy atom. The van der Waals surface area contributed by atoms with E-state index in [4.69, 9.17) is 4.42 Å². The Morgan fingerprint density at radius 1 is 1.03 bits per heavy atom. The molecule has 4 rings (SSSR count). The number of hydrogen-bond acceptors (Lipinski definition) is 7. The van der Waals surface area contributed by atoms with E-state index in [1.54, 1.807) is 25.1 Å². The molecule has 1 unspecified atom stereocenters. The zero-order valence-corrected chi connectivity index (χ0v) is 19.7. The highest BCUT2D eigenvalue weighted by Gasteiger charge is 2.28. The van der Waals surface area contributed by atoms with Gasteiger partial charge in [0.25, 0.3) is 16.7 Å². The van der Waals surface area contributed by atoms with E-state index in [1.807, 2.05) is 62.4 Å². The second-order valence-corrected chi connectivity index (χ2v) is 9.32. The summed E-state index contributed by atoms with van der Waals surface area (Å²) in [6.07, 6.45) is 0. The lowest BCUT2D eigenvalue weighted by Crippen LogP contribution is -2.34. The Bertz CT molecular complexity index is 1330. The molecular formula is C24H25N5O3S. The first kappa shape index (κ1) is 22.7. The van der Waals surface area contributed by atoms with Gasteiger partial charge in [-0.15, -0.1) is 10.2 Å². The summed E-state index contributed by atoms with van der Waals surface area (Å²) >= 11 is 1.24. The molecule has 9 heteroatoms. The van der Waals surface area contributed by atoms with Gasteiger partial charge in [-0.1, -0.05) is 74.1 Å². The number of amides is 1. The van der Waals surface area contributed by atoms with Gasteiger partial charge in [0.2, 0.25) is 5.91 Å². The zero-order valence-electron chi connectivity index (χ0n) is 18.9. The Hall–Kier alpha value is -3.46. The quantitative estimate of drug-likeness (QED) is 0.386. The number of hydrogen-bond donors (Lipinski definition) is 0. The summed E-state index contributed by atoms with van der Waals surface area (Å²) in [6, 6.07) is 16.9. The summed E-state index contributed by atoms with van der Waals surface area (Å²) in [6.45, 7) is 4.27. The number of carbonyl (C=O) groups excluding carboxylic acids is 1. The summed E-state index contributed by atoms with van der Waals surface area (Å²) in [7, 11) is 3.45. The van der Waals surface area contributed by atoms with Crippen molar-refractivity contribution < 1.29 is 9.21 Å². The minimum absolute atomic E-state index is 0.0188. The van der Waals surface area contributed by atoms with Crippen molar-refractivity contribution >= 4 is 28.4 Å². The van der Waals surface area contributed by atoms with E-state index in [2.05, 4.69) is 15.3 Å². The highest BCUT2D eigenvalue weighted by atomic mass is 32.2. The zero-order chi connectivity index (χ0) is 23.5. The van der Waals surface area contributed by atoms with E-state index < -0.39 is 0 Å². The third-order valence-electron chi connectivity index (χ3n) is 5.17. The van der Waals surface area contributed by atoms with E-state index in [0.29, 0.717) is 23.0 Å². The third kappa shape index (κ3) is 4.83. The van der Waals surface area contributed by atoms with E-state index >= 15 is 0 Å². The smallest absolute Gasteiger partial charge is 0.277 e. The van der Waals surface area contributed by atoms with Gasteiger partial charge in [-0.05, 0) is 17.5 Å². The van der Waals surface area contributed by atoms with Crippen LogP contribution in [0.25, 0.3) is 22.4 Å². The van der Waals surface area contributed by atoms with Crippen molar-refractivity contribution in [3.63, 3.8) is 0 Å². The number of aromatic nitrogens is 4. The van der Waals surface area contributed by atoms with Crippen LogP contribution in [-0.4, -0.2) is 50.1 Å². The van der Waals surface area contributed by atoms with Crippen LogP contribution in [0.15, 0.2) is 69.0 Å². The van der Waals surface area contributed by atoms with E-state index in [-0.39, 0.29) is 33.7 Å². The van der Waals surface area contributed by atoms with Crippen molar-refractivity contribution in [2.24, 2.45) is 5.92 Å². The third-order valence-corrected chi connectivity index (χ3v) is 6.54. The monoisotopic (exact) mass is 463 g/mol. The molecule has 0 aliphatic heterocycles. The molecule has 170 valence electrons. The largest absolute Gasteiger partial charge is 0.409 e. The van der Waals surface area contributed by atoms with Crippen LogP contribution in [0.1, 0.15) is 19.4 Å². The lowest BCUT2D eigenvalue weighted by molar-refractivity contribution is -0.128. The topological polar surface area (TPSA) is 94.1 Å². The number of nitrogens with zero attached hydrogens (tertiary/aromatic N) is 5. The van der Waals surface area contributed by atoms with Crippen LogP contribution in [0.3, 0.4) is 0 Å².